The Hall–Kier alpha value is -5.13. The summed E-state index contributed by atoms with van der Waals surface area (Å²) in [6.07, 6.45) is 2.71. The molecule has 1 amide bonds. The van der Waals surface area contributed by atoms with Gasteiger partial charge < -0.3 is 10.1 Å². The molecular weight excluding hydrogens is 522 g/mol. The lowest BCUT2D eigenvalue weighted by Gasteiger charge is -2.16. The SMILES string of the molecule is Cc1nc2ccnn2c(Oc2ccc(NC(=O)c3cn(C(C)C)c(=O)n(-c4ccc(F)cc4)c3=O)cc2F)c1C. The third-order valence-electron chi connectivity index (χ3n) is 6.36. The van der Waals surface area contributed by atoms with Gasteiger partial charge in [-0.2, -0.15) is 9.61 Å². The molecule has 0 spiro atoms. The fourth-order valence-electron chi connectivity index (χ4n) is 4.11. The largest absolute Gasteiger partial charge is 0.435 e. The van der Waals surface area contributed by atoms with Gasteiger partial charge in [0, 0.05) is 41.3 Å². The first-order valence-corrected chi connectivity index (χ1v) is 12.3. The van der Waals surface area contributed by atoms with Crippen LogP contribution in [0.2, 0.25) is 0 Å². The van der Waals surface area contributed by atoms with E-state index >= 15 is 4.39 Å². The molecule has 0 aliphatic rings. The number of nitrogens with zero attached hydrogens (tertiary/aromatic N) is 5. The summed E-state index contributed by atoms with van der Waals surface area (Å²) in [5.74, 6) is -2.01. The van der Waals surface area contributed by atoms with Gasteiger partial charge >= 0.3 is 5.69 Å². The van der Waals surface area contributed by atoms with Gasteiger partial charge in [-0.3, -0.25) is 14.2 Å². The molecule has 0 fully saturated rings. The van der Waals surface area contributed by atoms with Crippen LogP contribution in [-0.4, -0.2) is 29.6 Å². The van der Waals surface area contributed by atoms with Crippen LogP contribution in [0.25, 0.3) is 11.3 Å². The number of anilines is 1. The molecule has 0 aliphatic heterocycles. The van der Waals surface area contributed by atoms with Gasteiger partial charge in [-0.25, -0.2) is 23.1 Å². The van der Waals surface area contributed by atoms with E-state index in [4.69, 9.17) is 4.74 Å². The van der Waals surface area contributed by atoms with Crippen molar-refractivity contribution in [1.82, 2.24) is 23.7 Å². The molecule has 0 saturated heterocycles. The van der Waals surface area contributed by atoms with Crippen LogP contribution in [0, 0.1) is 25.5 Å². The molecule has 204 valence electrons. The molecule has 0 radical (unpaired) electrons. The summed E-state index contributed by atoms with van der Waals surface area (Å²) in [6.45, 7) is 7.00. The third kappa shape index (κ3) is 4.75. The van der Waals surface area contributed by atoms with Crippen molar-refractivity contribution >= 4 is 17.2 Å². The van der Waals surface area contributed by atoms with Crippen LogP contribution >= 0.6 is 0 Å². The van der Waals surface area contributed by atoms with Crippen molar-refractivity contribution < 1.29 is 18.3 Å². The van der Waals surface area contributed by atoms with Crippen molar-refractivity contribution in [2.24, 2.45) is 0 Å². The lowest BCUT2D eigenvalue weighted by atomic mass is 10.2. The molecule has 0 saturated carbocycles. The van der Waals surface area contributed by atoms with E-state index < -0.39 is 34.8 Å². The molecule has 2 aromatic carbocycles. The van der Waals surface area contributed by atoms with E-state index in [0.717, 1.165) is 29.0 Å². The summed E-state index contributed by atoms with van der Waals surface area (Å²) >= 11 is 0. The van der Waals surface area contributed by atoms with Crippen LogP contribution < -0.4 is 21.3 Å². The lowest BCUT2D eigenvalue weighted by molar-refractivity contribution is 0.102. The predicted octanol–water partition coefficient (Wildman–Crippen LogP) is 4.56. The Morgan fingerprint density at radius 1 is 1.02 bits per heavy atom. The predicted molar refractivity (Wildman–Crippen MR) is 144 cm³/mol. The topological polar surface area (TPSA) is 113 Å². The molecule has 5 aromatic rings. The van der Waals surface area contributed by atoms with E-state index in [9.17, 15) is 18.8 Å². The standard InChI is InChI=1S/C28H24F2N6O4/c1-15(2)34-14-21(26(38)35(28(34)39)20-8-5-18(29)6-9-20)25(37)33-19-7-10-23(22(30)13-19)40-27-16(3)17(4)32-24-11-12-31-36(24)27/h5-15H,1-4H3,(H,33,37). The van der Waals surface area contributed by atoms with Gasteiger partial charge in [0.05, 0.1) is 11.9 Å². The smallest absolute Gasteiger partial charge is 0.335 e. The number of carbonyl (C=O) groups is 1. The number of rotatable bonds is 6. The first-order chi connectivity index (χ1) is 19.0. The van der Waals surface area contributed by atoms with Gasteiger partial charge in [0.2, 0.25) is 5.88 Å². The molecule has 12 heteroatoms. The summed E-state index contributed by atoms with van der Waals surface area (Å²) in [6, 6.07) is 9.83. The average Bonchev–Trinajstić information content (AvgIpc) is 3.37. The van der Waals surface area contributed by atoms with Crippen molar-refractivity contribution in [3.05, 3.63) is 110 Å². The van der Waals surface area contributed by atoms with E-state index in [2.05, 4.69) is 15.4 Å². The Morgan fingerprint density at radius 2 is 1.75 bits per heavy atom. The van der Waals surface area contributed by atoms with Crippen LogP contribution in [0.3, 0.4) is 0 Å². The van der Waals surface area contributed by atoms with Crippen molar-refractivity contribution in [2.75, 3.05) is 5.32 Å². The molecular formula is C28H24F2N6O4. The fourth-order valence-corrected chi connectivity index (χ4v) is 4.11. The quantitative estimate of drug-likeness (QED) is 0.334. The van der Waals surface area contributed by atoms with Gasteiger partial charge in [0.25, 0.3) is 11.5 Å². The zero-order valence-corrected chi connectivity index (χ0v) is 22.0. The fraction of sp³-hybridized carbons (Fsp3) is 0.179. The van der Waals surface area contributed by atoms with Gasteiger partial charge in [-0.1, -0.05) is 0 Å². The maximum absolute atomic E-state index is 15.1. The minimum Gasteiger partial charge on any atom is -0.435 e. The first-order valence-electron chi connectivity index (χ1n) is 12.3. The van der Waals surface area contributed by atoms with Crippen LogP contribution in [0.5, 0.6) is 11.6 Å². The Balaban J connectivity index is 1.47. The van der Waals surface area contributed by atoms with Crippen molar-refractivity contribution in [2.45, 2.75) is 33.7 Å². The Morgan fingerprint density at radius 3 is 2.42 bits per heavy atom. The molecule has 40 heavy (non-hydrogen) atoms. The molecule has 3 aromatic heterocycles. The number of hydrogen-bond acceptors (Lipinski definition) is 6. The van der Waals surface area contributed by atoms with Gasteiger partial charge in [0.1, 0.15) is 11.4 Å². The highest BCUT2D eigenvalue weighted by atomic mass is 19.1. The number of amides is 1. The Kier molecular flexibility index (Phi) is 6.76. The number of halogens is 2. The second-order valence-corrected chi connectivity index (χ2v) is 9.37. The van der Waals surface area contributed by atoms with Crippen LogP contribution in [-0.2, 0) is 0 Å². The van der Waals surface area contributed by atoms with Crippen LogP contribution in [0.1, 0.15) is 41.5 Å². The molecule has 0 atom stereocenters. The maximum Gasteiger partial charge on any atom is 0.335 e. The summed E-state index contributed by atoms with van der Waals surface area (Å²) in [5, 5.41) is 6.68. The van der Waals surface area contributed by atoms with Crippen molar-refractivity contribution in [3.63, 3.8) is 0 Å². The summed E-state index contributed by atoms with van der Waals surface area (Å²) in [5.41, 5.74) is 0.102. The van der Waals surface area contributed by atoms with Crippen LogP contribution in [0.4, 0.5) is 14.5 Å². The molecule has 0 bridgehead atoms. The highest BCUT2D eigenvalue weighted by Gasteiger charge is 2.21. The number of aromatic nitrogens is 5. The first kappa shape index (κ1) is 26.5. The molecule has 10 nitrogen and oxygen atoms in total. The zero-order chi connectivity index (χ0) is 28.7. The molecule has 0 aliphatic carbocycles. The maximum atomic E-state index is 15.1. The summed E-state index contributed by atoms with van der Waals surface area (Å²) in [4.78, 5) is 43.8. The lowest BCUT2D eigenvalue weighted by Crippen LogP contribution is -2.42. The molecule has 1 N–H and O–H groups in total. The second kappa shape index (κ2) is 10.2. The van der Waals surface area contributed by atoms with E-state index in [1.807, 2.05) is 0 Å². The summed E-state index contributed by atoms with van der Waals surface area (Å²) < 4.78 is 37.9. The van der Waals surface area contributed by atoms with Crippen LogP contribution in [0.15, 0.2) is 70.5 Å². The van der Waals surface area contributed by atoms with Gasteiger partial charge in [0.15, 0.2) is 17.2 Å². The number of nitrogens with one attached hydrogen (secondary N) is 1. The number of aryl methyl sites for hydroxylation is 1. The Labute approximate surface area is 226 Å². The zero-order valence-electron chi connectivity index (χ0n) is 22.0. The molecule has 5 rings (SSSR count). The number of ether oxygens (including phenoxy) is 1. The van der Waals surface area contributed by atoms with E-state index in [0.29, 0.717) is 22.8 Å². The molecule has 0 unspecified atom stereocenters. The highest BCUT2D eigenvalue weighted by Crippen LogP contribution is 2.30. The molecule has 3 heterocycles. The third-order valence-corrected chi connectivity index (χ3v) is 6.36. The van der Waals surface area contributed by atoms with E-state index in [-0.39, 0.29) is 22.7 Å². The Bertz CT molecular complexity index is 1890. The van der Waals surface area contributed by atoms with Gasteiger partial charge in [-0.05, 0) is 64.1 Å². The summed E-state index contributed by atoms with van der Waals surface area (Å²) in [7, 11) is 0. The number of fused-ring (bicyclic) bond motifs is 1. The number of benzene rings is 2. The second-order valence-electron chi connectivity index (χ2n) is 9.37. The monoisotopic (exact) mass is 546 g/mol. The average molecular weight is 547 g/mol. The van der Waals surface area contributed by atoms with E-state index in [1.165, 1.54) is 33.3 Å². The van der Waals surface area contributed by atoms with Crippen molar-refractivity contribution in [1.29, 1.82) is 0 Å². The van der Waals surface area contributed by atoms with E-state index in [1.54, 1.807) is 40.0 Å². The minimum absolute atomic E-state index is 0.0525. The van der Waals surface area contributed by atoms with Gasteiger partial charge in [-0.15, -0.1) is 0 Å². The number of carbonyl (C=O) groups excluding carboxylic acids is 1. The van der Waals surface area contributed by atoms with Crippen molar-refractivity contribution in [3.8, 4) is 17.3 Å². The highest BCUT2D eigenvalue weighted by molar-refractivity contribution is 6.03. The normalized spacial score (nSPS) is 11.3. The minimum atomic E-state index is -0.904. The number of hydrogen-bond donors (Lipinski definition) is 1.